The maximum absolute atomic E-state index is 11.5. The molecule has 0 aromatic heterocycles. The summed E-state index contributed by atoms with van der Waals surface area (Å²) in [6.45, 7) is -0.465. The van der Waals surface area contributed by atoms with Crippen molar-refractivity contribution in [2.45, 2.75) is 18.1 Å². The van der Waals surface area contributed by atoms with Gasteiger partial charge in [0.05, 0.1) is 18.0 Å². The lowest BCUT2D eigenvalue weighted by atomic mass is 9.93. The lowest BCUT2D eigenvalue weighted by molar-refractivity contribution is -0.141. The number of fused-ring (bicyclic) bond motifs is 1. The maximum atomic E-state index is 11.5. The van der Waals surface area contributed by atoms with Gasteiger partial charge in [-0.05, 0) is 17.2 Å². The normalized spacial score (nSPS) is 22.5. The van der Waals surface area contributed by atoms with Crippen LogP contribution in [-0.4, -0.2) is 40.3 Å². The molecule has 136 valence electrons. The van der Waals surface area contributed by atoms with Gasteiger partial charge in [0.2, 0.25) is 0 Å². The van der Waals surface area contributed by atoms with Crippen LogP contribution in [0.1, 0.15) is 18.1 Å². The van der Waals surface area contributed by atoms with Gasteiger partial charge in [-0.15, -0.1) is 0 Å². The average molecular weight is 358 g/mol. The third kappa shape index (κ3) is 3.18. The number of nitrogens with two attached hydrogens (primary N) is 1. The van der Waals surface area contributed by atoms with Crippen LogP contribution in [0.2, 0.25) is 0 Å². The van der Waals surface area contributed by atoms with Crippen molar-refractivity contribution in [3.8, 4) is 0 Å². The number of rotatable bonds is 7. The van der Waals surface area contributed by atoms with Crippen molar-refractivity contribution in [3.05, 3.63) is 48.0 Å². The number of benzene rings is 2. The minimum absolute atomic E-state index is 0.122. The molecule has 8 heteroatoms. The maximum Gasteiger partial charge on any atom is 0.405 e. The Hall–Kier alpha value is -3.13. The molecule has 3 unspecified atom stereocenters. The Morgan fingerprint density at radius 1 is 1.19 bits per heavy atom. The van der Waals surface area contributed by atoms with Crippen LogP contribution in [0.5, 0.6) is 0 Å². The second-order valence-corrected chi connectivity index (χ2v) is 6.27. The highest BCUT2D eigenvalue weighted by molar-refractivity contribution is 5.87. The number of carbonyl (C=O) groups excluding carboxylic acids is 1. The minimum Gasteiger partial charge on any atom is -0.481 e. The van der Waals surface area contributed by atoms with Gasteiger partial charge < -0.3 is 20.7 Å². The first-order valence-corrected chi connectivity index (χ1v) is 7.98. The Morgan fingerprint density at radius 3 is 2.50 bits per heavy atom. The summed E-state index contributed by atoms with van der Waals surface area (Å²) in [6, 6.07) is 12.7. The van der Waals surface area contributed by atoms with E-state index in [1.807, 2.05) is 30.3 Å². The van der Waals surface area contributed by atoms with Gasteiger partial charge in [0.1, 0.15) is 6.10 Å². The molecule has 1 saturated carbocycles. The fourth-order valence-corrected chi connectivity index (χ4v) is 3.45. The van der Waals surface area contributed by atoms with Crippen LogP contribution in [0.4, 0.5) is 4.79 Å². The quantitative estimate of drug-likeness (QED) is 0.588. The number of amides is 1. The summed E-state index contributed by atoms with van der Waals surface area (Å²) in [6.07, 6.45) is -1.97. The SMILES string of the molecule is NC(=O)OC(c1cccc2ccccc12)C1(NCC(=O)O)CC1C(=O)O. The van der Waals surface area contributed by atoms with Crippen LogP contribution in [0, 0.1) is 5.92 Å². The molecule has 2 aromatic rings. The predicted octanol–water partition coefficient (Wildman–Crippen LogP) is 1.49. The van der Waals surface area contributed by atoms with E-state index in [0.717, 1.165) is 10.8 Å². The summed E-state index contributed by atoms with van der Waals surface area (Å²) in [5.74, 6) is -3.14. The molecule has 3 rings (SSSR count). The molecular formula is C18H18N2O6. The lowest BCUT2D eigenvalue weighted by Gasteiger charge is -2.29. The van der Waals surface area contributed by atoms with Crippen LogP contribution in [0.3, 0.4) is 0 Å². The summed E-state index contributed by atoms with van der Waals surface area (Å²) < 4.78 is 5.30. The topological polar surface area (TPSA) is 139 Å². The van der Waals surface area contributed by atoms with Crippen LogP contribution in [0.25, 0.3) is 10.8 Å². The van der Waals surface area contributed by atoms with Crippen molar-refractivity contribution in [2.75, 3.05) is 6.54 Å². The Labute approximate surface area is 148 Å². The molecule has 1 aliphatic carbocycles. The van der Waals surface area contributed by atoms with Crippen molar-refractivity contribution in [1.29, 1.82) is 0 Å². The highest BCUT2D eigenvalue weighted by Crippen LogP contribution is 2.54. The third-order valence-electron chi connectivity index (χ3n) is 4.68. The fourth-order valence-electron chi connectivity index (χ4n) is 3.45. The number of primary amides is 1. The Balaban J connectivity index is 2.10. The van der Waals surface area contributed by atoms with Crippen molar-refractivity contribution in [1.82, 2.24) is 5.32 Å². The number of carboxylic acids is 2. The van der Waals surface area contributed by atoms with Crippen LogP contribution < -0.4 is 11.1 Å². The molecule has 0 bridgehead atoms. The summed E-state index contributed by atoms with van der Waals surface area (Å²) in [5.41, 5.74) is 4.56. The molecule has 0 aliphatic heterocycles. The van der Waals surface area contributed by atoms with E-state index in [9.17, 15) is 19.5 Å². The monoisotopic (exact) mass is 358 g/mol. The van der Waals surface area contributed by atoms with Crippen molar-refractivity contribution >= 4 is 28.8 Å². The molecule has 1 aliphatic rings. The minimum atomic E-state index is -1.23. The number of ether oxygens (including phenoxy) is 1. The van der Waals surface area contributed by atoms with E-state index < -0.39 is 42.1 Å². The van der Waals surface area contributed by atoms with Gasteiger partial charge in [0.15, 0.2) is 0 Å². The van der Waals surface area contributed by atoms with Crippen LogP contribution in [-0.2, 0) is 14.3 Å². The van der Waals surface area contributed by atoms with E-state index in [1.54, 1.807) is 12.1 Å². The molecule has 0 saturated heterocycles. The molecule has 5 N–H and O–H groups in total. The number of carboxylic acid groups (broad SMARTS) is 2. The predicted molar refractivity (Wildman–Crippen MR) is 91.5 cm³/mol. The molecule has 2 aromatic carbocycles. The molecule has 0 heterocycles. The zero-order valence-electron chi connectivity index (χ0n) is 13.7. The number of hydrogen-bond donors (Lipinski definition) is 4. The second-order valence-electron chi connectivity index (χ2n) is 6.27. The smallest absolute Gasteiger partial charge is 0.405 e. The Bertz CT molecular complexity index is 878. The lowest BCUT2D eigenvalue weighted by Crippen LogP contribution is -2.45. The highest BCUT2D eigenvalue weighted by Gasteiger charge is 2.65. The molecular weight excluding hydrogens is 340 g/mol. The summed E-state index contributed by atoms with van der Waals surface area (Å²) >= 11 is 0. The van der Waals surface area contributed by atoms with E-state index in [4.69, 9.17) is 15.6 Å². The highest BCUT2D eigenvalue weighted by atomic mass is 16.6. The Morgan fingerprint density at radius 2 is 1.88 bits per heavy atom. The molecule has 0 radical (unpaired) electrons. The van der Waals surface area contributed by atoms with E-state index in [2.05, 4.69) is 5.32 Å². The van der Waals surface area contributed by atoms with Crippen molar-refractivity contribution in [2.24, 2.45) is 11.7 Å². The van der Waals surface area contributed by atoms with Crippen molar-refractivity contribution < 1.29 is 29.3 Å². The van der Waals surface area contributed by atoms with E-state index in [-0.39, 0.29) is 6.42 Å². The molecule has 1 fully saturated rings. The van der Waals surface area contributed by atoms with E-state index in [0.29, 0.717) is 5.56 Å². The molecule has 0 spiro atoms. The second kappa shape index (κ2) is 6.64. The van der Waals surface area contributed by atoms with Gasteiger partial charge in [0, 0.05) is 5.56 Å². The molecule has 8 nitrogen and oxygen atoms in total. The van der Waals surface area contributed by atoms with Gasteiger partial charge in [-0.3, -0.25) is 14.9 Å². The summed E-state index contributed by atoms with van der Waals surface area (Å²) in [5, 5.41) is 22.8. The number of carbonyl (C=O) groups is 3. The molecule has 1 amide bonds. The zero-order valence-corrected chi connectivity index (χ0v) is 13.7. The van der Waals surface area contributed by atoms with Crippen molar-refractivity contribution in [3.63, 3.8) is 0 Å². The van der Waals surface area contributed by atoms with Gasteiger partial charge >= 0.3 is 18.0 Å². The van der Waals surface area contributed by atoms with Gasteiger partial charge in [0.25, 0.3) is 0 Å². The first-order valence-electron chi connectivity index (χ1n) is 7.98. The summed E-state index contributed by atoms with van der Waals surface area (Å²) in [4.78, 5) is 34.1. The number of hydrogen-bond acceptors (Lipinski definition) is 5. The largest absolute Gasteiger partial charge is 0.481 e. The molecule has 3 atom stereocenters. The first kappa shape index (κ1) is 17.7. The van der Waals surface area contributed by atoms with Crippen LogP contribution >= 0.6 is 0 Å². The van der Waals surface area contributed by atoms with Crippen LogP contribution in [0.15, 0.2) is 42.5 Å². The average Bonchev–Trinajstić information content (AvgIpc) is 3.33. The first-order chi connectivity index (χ1) is 12.3. The number of nitrogens with one attached hydrogen (secondary N) is 1. The third-order valence-corrected chi connectivity index (χ3v) is 4.68. The Kier molecular flexibility index (Phi) is 4.52. The van der Waals surface area contributed by atoms with Gasteiger partial charge in [-0.25, -0.2) is 4.79 Å². The van der Waals surface area contributed by atoms with E-state index in [1.165, 1.54) is 0 Å². The standard InChI is InChI=1S/C18H18N2O6/c19-17(25)26-15(12-7-3-5-10-4-1-2-6-11(10)12)18(20-9-14(21)22)8-13(18)16(23)24/h1-7,13,15,20H,8-9H2,(H2,19,25)(H,21,22)(H,23,24). The molecule has 26 heavy (non-hydrogen) atoms. The summed E-state index contributed by atoms with van der Waals surface area (Å²) in [7, 11) is 0. The zero-order chi connectivity index (χ0) is 18.9. The van der Waals surface area contributed by atoms with Gasteiger partial charge in [-0.1, -0.05) is 42.5 Å². The number of aliphatic carboxylic acids is 2. The fraction of sp³-hybridized carbons (Fsp3) is 0.278. The van der Waals surface area contributed by atoms with Gasteiger partial charge in [-0.2, -0.15) is 0 Å². The van der Waals surface area contributed by atoms with E-state index >= 15 is 0 Å².